The lowest BCUT2D eigenvalue weighted by Crippen LogP contribution is -2.39. The van der Waals surface area contributed by atoms with Crippen LogP contribution in [0.3, 0.4) is 0 Å². The van der Waals surface area contributed by atoms with Crippen LogP contribution in [0, 0.1) is 0 Å². The summed E-state index contributed by atoms with van der Waals surface area (Å²) in [6, 6.07) is 3.97. The van der Waals surface area contributed by atoms with Gasteiger partial charge < -0.3 is 4.43 Å². The van der Waals surface area contributed by atoms with Crippen molar-refractivity contribution >= 4 is 8.32 Å². The second-order valence-corrected chi connectivity index (χ2v) is 8.51. The molecule has 2 heteroatoms. The highest BCUT2D eigenvalue weighted by molar-refractivity contribution is 6.73. The van der Waals surface area contributed by atoms with E-state index < -0.39 is 8.32 Å². The van der Waals surface area contributed by atoms with E-state index >= 15 is 0 Å². The molecule has 0 saturated carbocycles. The van der Waals surface area contributed by atoms with Crippen molar-refractivity contribution in [3.8, 4) is 0 Å². The van der Waals surface area contributed by atoms with E-state index in [1.54, 1.807) is 0 Å². The zero-order valence-corrected chi connectivity index (χ0v) is 11.0. The van der Waals surface area contributed by atoms with Crippen LogP contribution < -0.4 is 0 Å². The third-order valence-corrected chi connectivity index (χ3v) is 7.62. The molecule has 0 aromatic carbocycles. The van der Waals surface area contributed by atoms with Gasteiger partial charge in [-0.3, -0.25) is 0 Å². The fourth-order valence-electron chi connectivity index (χ4n) is 2.09. The minimum atomic E-state index is -1.33. The van der Waals surface area contributed by atoms with Gasteiger partial charge in [0, 0.05) is 6.10 Å². The van der Waals surface area contributed by atoms with Gasteiger partial charge in [0.15, 0.2) is 8.32 Å². The summed E-state index contributed by atoms with van der Waals surface area (Å²) in [5, 5.41) is 0. The van der Waals surface area contributed by atoms with E-state index in [-0.39, 0.29) is 0 Å². The maximum absolute atomic E-state index is 6.21. The van der Waals surface area contributed by atoms with Crippen molar-refractivity contribution in [1.82, 2.24) is 0 Å². The van der Waals surface area contributed by atoms with Crippen molar-refractivity contribution in [1.29, 1.82) is 0 Å². The average molecular weight is 202 g/mol. The van der Waals surface area contributed by atoms with Gasteiger partial charge in [-0.15, -0.1) is 0 Å². The molecule has 0 rings (SSSR count). The van der Waals surface area contributed by atoms with Crippen molar-refractivity contribution in [2.45, 2.75) is 71.7 Å². The van der Waals surface area contributed by atoms with Gasteiger partial charge >= 0.3 is 0 Å². The number of hydrogen-bond donors (Lipinski definition) is 0. The maximum atomic E-state index is 6.21. The summed E-state index contributed by atoms with van der Waals surface area (Å²) < 4.78 is 6.21. The van der Waals surface area contributed by atoms with E-state index in [9.17, 15) is 0 Å². The summed E-state index contributed by atoms with van der Waals surface area (Å²) >= 11 is 0. The van der Waals surface area contributed by atoms with Crippen LogP contribution in [-0.2, 0) is 4.43 Å². The first kappa shape index (κ1) is 13.2. The van der Waals surface area contributed by atoms with Crippen LogP contribution >= 0.6 is 0 Å². The fraction of sp³-hybridized carbons (Fsp3) is 1.00. The lowest BCUT2D eigenvalue weighted by Gasteiger charge is -2.32. The number of hydrogen-bond acceptors (Lipinski definition) is 1. The van der Waals surface area contributed by atoms with Gasteiger partial charge in [0.2, 0.25) is 0 Å². The zero-order valence-electron chi connectivity index (χ0n) is 10.0. The minimum Gasteiger partial charge on any atom is -0.414 e. The molecule has 0 heterocycles. The molecular weight excluding hydrogens is 176 g/mol. The molecule has 0 N–H and O–H groups in total. The van der Waals surface area contributed by atoms with Crippen molar-refractivity contribution < 1.29 is 4.43 Å². The third kappa shape index (κ3) is 4.82. The molecule has 0 aliphatic carbocycles. The summed E-state index contributed by atoms with van der Waals surface area (Å²) in [6.45, 7) is 11.2. The summed E-state index contributed by atoms with van der Waals surface area (Å²) in [5.41, 5.74) is 0. The molecule has 0 aliphatic rings. The van der Waals surface area contributed by atoms with Crippen LogP contribution in [0.5, 0.6) is 0 Å². The average Bonchev–Trinajstić information content (AvgIpc) is 2.04. The van der Waals surface area contributed by atoms with E-state index in [1.807, 2.05) is 0 Å². The first-order valence-corrected chi connectivity index (χ1v) is 8.31. The second kappa shape index (κ2) is 6.60. The van der Waals surface area contributed by atoms with E-state index in [2.05, 4.69) is 34.6 Å². The zero-order chi connectivity index (χ0) is 10.3. The van der Waals surface area contributed by atoms with E-state index in [0.29, 0.717) is 6.10 Å². The van der Waals surface area contributed by atoms with Gasteiger partial charge in [-0.2, -0.15) is 0 Å². The standard InChI is InChI=1S/C11H26OSi/c1-6-9-13(8-3,10-7-2)12-11(4)5/h11H,6-10H2,1-5H3. The van der Waals surface area contributed by atoms with Gasteiger partial charge in [-0.25, -0.2) is 0 Å². The van der Waals surface area contributed by atoms with Gasteiger partial charge in [0.05, 0.1) is 0 Å². The smallest absolute Gasteiger partial charge is 0.192 e. The molecule has 0 saturated heterocycles. The Kier molecular flexibility index (Phi) is 6.69. The third-order valence-electron chi connectivity index (χ3n) is 2.54. The van der Waals surface area contributed by atoms with E-state index in [0.717, 1.165) is 0 Å². The largest absolute Gasteiger partial charge is 0.414 e. The van der Waals surface area contributed by atoms with Gasteiger partial charge in [0.25, 0.3) is 0 Å². The number of rotatable bonds is 7. The van der Waals surface area contributed by atoms with Crippen LogP contribution in [0.25, 0.3) is 0 Å². The first-order chi connectivity index (χ1) is 6.10. The molecule has 0 fully saturated rings. The molecule has 0 atom stereocenters. The topological polar surface area (TPSA) is 9.23 Å². The second-order valence-electron chi connectivity index (χ2n) is 4.20. The van der Waals surface area contributed by atoms with Crippen LogP contribution in [0.1, 0.15) is 47.5 Å². The molecule has 0 radical (unpaired) electrons. The molecule has 0 aliphatic heterocycles. The molecule has 0 aromatic rings. The van der Waals surface area contributed by atoms with Gasteiger partial charge in [-0.1, -0.05) is 33.6 Å². The predicted molar refractivity (Wildman–Crippen MR) is 62.7 cm³/mol. The van der Waals surface area contributed by atoms with Crippen molar-refractivity contribution in [3.05, 3.63) is 0 Å². The minimum absolute atomic E-state index is 0.421. The Morgan fingerprint density at radius 2 is 1.46 bits per heavy atom. The quantitative estimate of drug-likeness (QED) is 0.562. The van der Waals surface area contributed by atoms with E-state index in [1.165, 1.54) is 31.0 Å². The predicted octanol–water partition coefficient (Wildman–Crippen LogP) is 4.20. The molecular formula is C11H26OSi. The lowest BCUT2D eigenvalue weighted by molar-refractivity contribution is 0.223. The maximum Gasteiger partial charge on any atom is 0.192 e. The molecule has 0 unspecified atom stereocenters. The summed E-state index contributed by atoms with van der Waals surface area (Å²) in [4.78, 5) is 0. The van der Waals surface area contributed by atoms with Crippen LogP contribution in [-0.4, -0.2) is 14.4 Å². The Labute approximate surface area is 85.0 Å². The van der Waals surface area contributed by atoms with E-state index in [4.69, 9.17) is 4.43 Å². The Morgan fingerprint density at radius 1 is 1.00 bits per heavy atom. The van der Waals surface area contributed by atoms with Crippen LogP contribution in [0.2, 0.25) is 18.1 Å². The Balaban J connectivity index is 4.24. The molecule has 0 amide bonds. The molecule has 0 bridgehead atoms. The highest BCUT2D eigenvalue weighted by atomic mass is 28.4. The summed E-state index contributed by atoms with van der Waals surface area (Å²) in [5.74, 6) is 0. The lowest BCUT2D eigenvalue weighted by atomic mass is 10.5. The van der Waals surface area contributed by atoms with Gasteiger partial charge in [0.1, 0.15) is 0 Å². The summed E-state index contributed by atoms with van der Waals surface area (Å²) in [6.07, 6.45) is 2.99. The normalized spacial score (nSPS) is 12.5. The van der Waals surface area contributed by atoms with Crippen molar-refractivity contribution in [2.24, 2.45) is 0 Å². The molecule has 0 aromatic heterocycles. The van der Waals surface area contributed by atoms with Crippen molar-refractivity contribution in [3.63, 3.8) is 0 Å². The Hall–Kier alpha value is 0.177. The Morgan fingerprint density at radius 3 is 1.69 bits per heavy atom. The molecule has 13 heavy (non-hydrogen) atoms. The molecule has 1 nitrogen and oxygen atoms in total. The highest BCUT2D eigenvalue weighted by Crippen LogP contribution is 2.26. The Bertz CT molecular complexity index is 117. The van der Waals surface area contributed by atoms with Crippen molar-refractivity contribution in [2.75, 3.05) is 0 Å². The fourth-order valence-corrected chi connectivity index (χ4v) is 6.27. The van der Waals surface area contributed by atoms with Crippen LogP contribution in [0.4, 0.5) is 0 Å². The van der Waals surface area contributed by atoms with Crippen LogP contribution in [0.15, 0.2) is 0 Å². The highest BCUT2D eigenvalue weighted by Gasteiger charge is 2.31. The SMILES string of the molecule is CCC[Si](CC)(CCC)OC(C)C. The first-order valence-electron chi connectivity index (χ1n) is 5.78. The van der Waals surface area contributed by atoms with Gasteiger partial charge in [-0.05, 0) is 32.0 Å². The molecule has 0 spiro atoms. The molecule has 80 valence electrons. The summed E-state index contributed by atoms with van der Waals surface area (Å²) in [7, 11) is -1.33. The monoisotopic (exact) mass is 202 g/mol.